The maximum absolute atomic E-state index is 12.7. The molecule has 128 valence electrons. The average Bonchev–Trinajstić information content (AvgIpc) is 2.64. The largest absolute Gasteiger partial charge is 0.335 e. The van der Waals surface area contributed by atoms with Gasteiger partial charge in [-0.3, -0.25) is 4.79 Å². The van der Waals surface area contributed by atoms with E-state index in [1.54, 1.807) is 0 Å². The highest BCUT2D eigenvalue weighted by Crippen LogP contribution is 2.21. The van der Waals surface area contributed by atoms with Gasteiger partial charge in [0.2, 0.25) is 5.91 Å². The lowest BCUT2D eigenvalue weighted by Crippen LogP contribution is -2.37. The summed E-state index contributed by atoms with van der Waals surface area (Å²) >= 11 is 1.50. The molecule has 1 aromatic heterocycles. The van der Waals surface area contributed by atoms with Gasteiger partial charge in [0.1, 0.15) is 0 Å². The van der Waals surface area contributed by atoms with Crippen LogP contribution in [0.1, 0.15) is 19.4 Å². The van der Waals surface area contributed by atoms with E-state index in [1.165, 1.54) is 11.8 Å². The van der Waals surface area contributed by atoms with Crippen LogP contribution < -0.4 is 0 Å². The van der Waals surface area contributed by atoms with Gasteiger partial charge in [0, 0.05) is 18.0 Å². The SMILES string of the molecule is CC(C)N(Cc1ccccc1)C(=O)CSc1ccc2ccccc2n1. The van der Waals surface area contributed by atoms with Gasteiger partial charge in [0.15, 0.2) is 0 Å². The predicted octanol–water partition coefficient (Wildman–Crippen LogP) is 4.76. The topological polar surface area (TPSA) is 33.2 Å². The number of nitrogens with zero attached hydrogens (tertiary/aromatic N) is 2. The Morgan fingerprint density at radius 2 is 1.72 bits per heavy atom. The van der Waals surface area contributed by atoms with Crippen molar-refractivity contribution in [1.82, 2.24) is 9.88 Å². The Hall–Kier alpha value is -2.33. The van der Waals surface area contributed by atoms with Crippen molar-refractivity contribution < 1.29 is 4.79 Å². The Morgan fingerprint density at radius 3 is 2.48 bits per heavy atom. The molecular formula is C21H22N2OS. The summed E-state index contributed by atoms with van der Waals surface area (Å²) in [4.78, 5) is 19.3. The number of pyridine rings is 1. The van der Waals surface area contributed by atoms with E-state index in [-0.39, 0.29) is 11.9 Å². The fourth-order valence-electron chi connectivity index (χ4n) is 2.69. The van der Waals surface area contributed by atoms with Gasteiger partial charge < -0.3 is 4.90 Å². The number of hydrogen-bond acceptors (Lipinski definition) is 3. The number of amides is 1. The number of rotatable bonds is 6. The molecule has 3 rings (SSSR count). The normalized spacial score (nSPS) is 11.0. The summed E-state index contributed by atoms with van der Waals surface area (Å²) in [5, 5.41) is 2.00. The van der Waals surface area contributed by atoms with E-state index in [9.17, 15) is 4.79 Å². The zero-order valence-corrected chi connectivity index (χ0v) is 15.4. The molecule has 1 amide bonds. The highest BCUT2D eigenvalue weighted by Gasteiger charge is 2.17. The molecule has 0 saturated carbocycles. The van der Waals surface area contributed by atoms with E-state index >= 15 is 0 Å². The van der Waals surface area contributed by atoms with Crippen molar-refractivity contribution >= 4 is 28.6 Å². The molecule has 3 nitrogen and oxygen atoms in total. The predicted molar refractivity (Wildman–Crippen MR) is 105 cm³/mol. The molecule has 0 saturated heterocycles. The van der Waals surface area contributed by atoms with Crippen LogP contribution in [0.25, 0.3) is 10.9 Å². The molecule has 0 fully saturated rings. The molecule has 0 bridgehead atoms. The molecule has 0 N–H and O–H groups in total. The standard InChI is InChI=1S/C21H22N2OS/c1-16(2)23(14-17-8-4-3-5-9-17)21(24)15-25-20-13-12-18-10-6-7-11-19(18)22-20/h3-13,16H,14-15H2,1-2H3. The van der Waals surface area contributed by atoms with Gasteiger partial charge in [-0.05, 0) is 31.5 Å². The minimum absolute atomic E-state index is 0.138. The summed E-state index contributed by atoms with van der Waals surface area (Å²) in [5.41, 5.74) is 2.11. The third-order valence-electron chi connectivity index (χ3n) is 4.06. The molecule has 4 heteroatoms. The van der Waals surface area contributed by atoms with Gasteiger partial charge in [-0.15, -0.1) is 0 Å². The molecular weight excluding hydrogens is 328 g/mol. The lowest BCUT2D eigenvalue weighted by atomic mass is 10.2. The smallest absolute Gasteiger partial charge is 0.233 e. The highest BCUT2D eigenvalue weighted by atomic mass is 32.2. The molecule has 2 aromatic carbocycles. The fourth-order valence-corrected chi connectivity index (χ4v) is 3.45. The van der Waals surface area contributed by atoms with Crippen molar-refractivity contribution in [1.29, 1.82) is 0 Å². The first-order valence-corrected chi connectivity index (χ1v) is 9.44. The fraction of sp³-hybridized carbons (Fsp3) is 0.238. The van der Waals surface area contributed by atoms with Gasteiger partial charge >= 0.3 is 0 Å². The number of carbonyl (C=O) groups is 1. The van der Waals surface area contributed by atoms with Crippen LogP contribution in [0, 0.1) is 0 Å². The van der Waals surface area contributed by atoms with Crippen molar-refractivity contribution in [2.24, 2.45) is 0 Å². The third-order valence-corrected chi connectivity index (χ3v) is 4.97. The summed E-state index contributed by atoms with van der Waals surface area (Å²) in [6.45, 7) is 4.75. The maximum Gasteiger partial charge on any atom is 0.233 e. The number of benzene rings is 2. The number of aromatic nitrogens is 1. The minimum atomic E-state index is 0.138. The van der Waals surface area contributed by atoms with Crippen molar-refractivity contribution in [3.8, 4) is 0 Å². The Labute approximate surface area is 153 Å². The molecule has 0 spiro atoms. The Bertz CT molecular complexity index is 849. The van der Waals surface area contributed by atoms with Crippen LogP contribution in [0.15, 0.2) is 71.8 Å². The molecule has 0 unspecified atom stereocenters. The van der Waals surface area contributed by atoms with E-state index in [1.807, 2.05) is 53.4 Å². The lowest BCUT2D eigenvalue weighted by molar-refractivity contribution is -0.130. The molecule has 25 heavy (non-hydrogen) atoms. The number of fused-ring (bicyclic) bond motifs is 1. The van der Waals surface area contributed by atoms with Gasteiger partial charge in [-0.2, -0.15) is 0 Å². The van der Waals surface area contributed by atoms with Crippen LogP contribution in [0.3, 0.4) is 0 Å². The molecule has 0 aliphatic rings. The maximum atomic E-state index is 12.7. The van der Waals surface area contributed by atoms with Crippen molar-refractivity contribution in [2.45, 2.75) is 31.5 Å². The second-order valence-electron chi connectivity index (χ2n) is 6.23. The van der Waals surface area contributed by atoms with Crippen LogP contribution in [-0.4, -0.2) is 27.6 Å². The quantitative estimate of drug-likeness (QED) is 0.601. The van der Waals surface area contributed by atoms with Gasteiger partial charge in [0.25, 0.3) is 0 Å². The van der Waals surface area contributed by atoms with Crippen LogP contribution >= 0.6 is 11.8 Å². The lowest BCUT2D eigenvalue weighted by Gasteiger charge is -2.26. The number of thioether (sulfide) groups is 1. The average molecular weight is 350 g/mol. The van der Waals surface area contributed by atoms with E-state index in [4.69, 9.17) is 0 Å². The van der Waals surface area contributed by atoms with Gasteiger partial charge in [-0.1, -0.05) is 66.4 Å². The van der Waals surface area contributed by atoms with Crippen molar-refractivity contribution in [3.05, 3.63) is 72.3 Å². The molecule has 0 atom stereocenters. The number of hydrogen-bond donors (Lipinski definition) is 0. The zero-order valence-electron chi connectivity index (χ0n) is 14.6. The molecule has 0 aliphatic carbocycles. The Morgan fingerprint density at radius 1 is 1.00 bits per heavy atom. The Balaban J connectivity index is 1.66. The first kappa shape index (κ1) is 17.5. The second-order valence-corrected chi connectivity index (χ2v) is 7.23. The van der Waals surface area contributed by atoms with Crippen LogP contribution in [0.2, 0.25) is 0 Å². The van der Waals surface area contributed by atoms with Crippen LogP contribution in [0.5, 0.6) is 0 Å². The van der Waals surface area contributed by atoms with Crippen LogP contribution in [-0.2, 0) is 11.3 Å². The first-order valence-electron chi connectivity index (χ1n) is 8.45. The first-order chi connectivity index (χ1) is 12.1. The number of carbonyl (C=O) groups excluding carboxylic acids is 1. The van der Waals surface area contributed by atoms with Crippen molar-refractivity contribution in [3.63, 3.8) is 0 Å². The van der Waals surface area contributed by atoms with E-state index < -0.39 is 0 Å². The monoisotopic (exact) mass is 350 g/mol. The molecule has 3 aromatic rings. The second kappa shape index (κ2) is 8.17. The summed E-state index contributed by atoms with van der Waals surface area (Å²) in [6.07, 6.45) is 0. The summed E-state index contributed by atoms with van der Waals surface area (Å²) in [7, 11) is 0. The van der Waals surface area contributed by atoms with E-state index in [2.05, 4.69) is 37.0 Å². The highest BCUT2D eigenvalue weighted by molar-refractivity contribution is 7.99. The number of para-hydroxylation sites is 1. The summed E-state index contributed by atoms with van der Waals surface area (Å²) in [5.74, 6) is 0.537. The van der Waals surface area contributed by atoms with Crippen LogP contribution in [0.4, 0.5) is 0 Å². The molecule has 0 aliphatic heterocycles. The minimum Gasteiger partial charge on any atom is -0.335 e. The van der Waals surface area contributed by atoms with E-state index in [0.29, 0.717) is 12.3 Å². The zero-order chi connectivity index (χ0) is 17.6. The van der Waals surface area contributed by atoms with Crippen molar-refractivity contribution in [2.75, 3.05) is 5.75 Å². The van der Waals surface area contributed by atoms with E-state index in [0.717, 1.165) is 21.5 Å². The van der Waals surface area contributed by atoms with Gasteiger partial charge in [-0.25, -0.2) is 4.98 Å². The Kier molecular flexibility index (Phi) is 5.71. The van der Waals surface area contributed by atoms with Gasteiger partial charge in [0.05, 0.1) is 16.3 Å². The summed E-state index contributed by atoms with van der Waals surface area (Å²) < 4.78 is 0. The molecule has 1 heterocycles. The molecule has 0 radical (unpaired) electrons. The third kappa shape index (κ3) is 4.60. The summed E-state index contributed by atoms with van der Waals surface area (Å²) in [6, 6.07) is 22.3.